The molecule has 0 aliphatic carbocycles. The molecule has 0 bridgehead atoms. The molecule has 0 aliphatic rings. The Kier molecular flexibility index (Phi) is 3.46. The van der Waals surface area contributed by atoms with Gasteiger partial charge in [-0.2, -0.15) is 5.10 Å². The van der Waals surface area contributed by atoms with E-state index in [1.807, 2.05) is 12.3 Å². The summed E-state index contributed by atoms with van der Waals surface area (Å²) in [5.41, 5.74) is 1.29. The Morgan fingerprint density at radius 1 is 1.41 bits per heavy atom. The van der Waals surface area contributed by atoms with Crippen LogP contribution < -0.4 is 10.2 Å². The summed E-state index contributed by atoms with van der Waals surface area (Å²) in [6.45, 7) is 0.525. The maximum atomic E-state index is 9.13. The number of aromatic nitrogens is 2. The molecule has 88 valence electrons. The third kappa shape index (κ3) is 2.66. The lowest BCUT2D eigenvalue weighted by Crippen LogP contribution is -2.30. The highest BCUT2D eigenvalue weighted by Gasteiger charge is 2.14. The van der Waals surface area contributed by atoms with Gasteiger partial charge in [0.25, 0.3) is 0 Å². The van der Waals surface area contributed by atoms with E-state index in [9.17, 15) is 0 Å². The van der Waals surface area contributed by atoms with Gasteiger partial charge in [0.2, 0.25) is 0 Å². The number of benzene rings is 1. The van der Waals surface area contributed by atoms with Crippen LogP contribution in [0.1, 0.15) is 5.56 Å². The monoisotopic (exact) mass is 232 g/mol. The van der Waals surface area contributed by atoms with Crippen molar-refractivity contribution in [2.24, 2.45) is 0 Å². The Morgan fingerprint density at radius 3 is 2.82 bits per heavy atom. The van der Waals surface area contributed by atoms with Gasteiger partial charge >= 0.3 is 7.12 Å². The van der Waals surface area contributed by atoms with Crippen molar-refractivity contribution in [3.8, 4) is 5.75 Å². The molecule has 2 N–H and O–H groups in total. The molecule has 6 heteroatoms. The minimum absolute atomic E-state index is 0.438. The molecule has 0 unspecified atom stereocenters. The van der Waals surface area contributed by atoms with Gasteiger partial charge in [-0.15, -0.1) is 0 Å². The fourth-order valence-electron chi connectivity index (χ4n) is 1.65. The van der Waals surface area contributed by atoms with Crippen LogP contribution in [0.5, 0.6) is 5.75 Å². The van der Waals surface area contributed by atoms with Crippen LogP contribution in [-0.4, -0.2) is 34.1 Å². The largest absolute Gasteiger partial charge is 0.496 e. The SMILES string of the molecule is COc1ccc(B(O)O)cc1Cn1cccn1. The lowest BCUT2D eigenvalue weighted by Gasteiger charge is -2.10. The van der Waals surface area contributed by atoms with Crippen LogP contribution in [0.4, 0.5) is 0 Å². The van der Waals surface area contributed by atoms with E-state index < -0.39 is 7.12 Å². The van der Waals surface area contributed by atoms with Crippen LogP contribution in [0.2, 0.25) is 0 Å². The Hall–Kier alpha value is -1.79. The molecular weight excluding hydrogens is 219 g/mol. The molecule has 0 atom stereocenters. The highest BCUT2D eigenvalue weighted by molar-refractivity contribution is 6.58. The van der Waals surface area contributed by atoms with Gasteiger partial charge in [0.15, 0.2) is 0 Å². The summed E-state index contributed by atoms with van der Waals surface area (Å²) in [5, 5.41) is 22.4. The highest BCUT2D eigenvalue weighted by Crippen LogP contribution is 2.17. The first kappa shape index (κ1) is 11.7. The lowest BCUT2D eigenvalue weighted by molar-refractivity contribution is 0.407. The van der Waals surface area contributed by atoms with E-state index in [4.69, 9.17) is 14.8 Å². The van der Waals surface area contributed by atoms with Crippen molar-refractivity contribution in [3.63, 3.8) is 0 Å². The van der Waals surface area contributed by atoms with Gasteiger partial charge in [0, 0.05) is 18.0 Å². The Morgan fingerprint density at radius 2 is 2.24 bits per heavy atom. The first-order valence-corrected chi connectivity index (χ1v) is 5.21. The predicted octanol–water partition coefficient (Wildman–Crippen LogP) is -0.380. The predicted molar refractivity (Wildman–Crippen MR) is 64.1 cm³/mol. The molecule has 1 aromatic heterocycles. The number of hydrogen-bond acceptors (Lipinski definition) is 4. The summed E-state index contributed by atoms with van der Waals surface area (Å²) in [5.74, 6) is 0.699. The third-order valence-electron chi connectivity index (χ3n) is 2.49. The molecule has 5 nitrogen and oxygen atoms in total. The van der Waals surface area contributed by atoms with Crippen LogP contribution in [0.3, 0.4) is 0 Å². The normalized spacial score (nSPS) is 10.3. The molecule has 0 amide bonds. The van der Waals surface area contributed by atoms with Crippen LogP contribution >= 0.6 is 0 Å². The van der Waals surface area contributed by atoms with Gasteiger partial charge in [0.1, 0.15) is 5.75 Å². The molecule has 0 saturated heterocycles. The van der Waals surface area contributed by atoms with E-state index >= 15 is 0 Å². The molecule has 0 saturated carbocycles. The molecule has 1 heterocycles. The molecule has 0 aliphatic heterocycles. The molecule has 17 heavy (non-hydrogen) atoms. The van der Waals surface area contributed by atoms with Crippen molar-refractivity contribution in [3.05, 3.63) is 42.2 Å². The molecule has 1 aromatic carbocycles. The van der Waals surface area contributed by atoms with Crippen molar-refractivity contribution >= 4 is 12.6 Å². The molecule has 0 radical (unpaired) electrons. The first-order chi connectivity index (χ1) is 8.20. The second-order valence-electron chi connectivity index (χ2n) is 3.65. The second-order valence-corrected chi connectivity index (χ2v) is 3.65. The zero-order valence-electron chi connectivity index (χ0n) is 9.45. The number of ether oxygens (including phenoxy) is 1. The topological polar surface area (TPSA) is 67.5 Å². The minimum atomic E-state index is -1.47. The van der Waals surface area contributed by atoms with Crippen LogP contribution in [-0.2, 0) is 6.54 Å². The van der Waals surface area contributed by atoms with Gasteiger partial charge in [-0.1, -0.05) is 12.1 Å². The van der Waals surface area contributed by atoms with E-state index in [1.54, 1.807) is 36.2 Å². The Bertz CT molecular complexity index is 485. The highest BCUT2D eigenvalue weighted by atomic mass is 16.5. The van der Waals surface area contributed by atoms with Gasteiger partial charge in [0.05, 0.1) is 13.7 Å². The van der Waals surface area contributed by atoms with E-state index in [0.29, 0.717) is 17.8 Å². The molecule has 2 aromatic rings. The maximum Gasteiger partial charge on any atom is 0.488 e. The van der Waals surface area contributed by atoms with Gasteiger partial charge < -0.3 is 14.8 Å². The van der Waals surface area contributed by atoms with Crippen LogP contribution in [0, 0.1) is 0 Å². The fourth-order valence-corrected chi connectivity index (χ4v) is 1.65. The summed E-state index contributed by atoms with van der Waals surface area (Å²) in [7, 11) is 0.106. The van der Waals surface area contributed by atoms with E-state index in [1.165, 1.54) is 0 Å². The van der Waals surface area contributed by atoms with Crippen molar-refractivity contribution in [2.45, 2.75) is 6.54 Å². The zero-order valence-corrected chi connectivity index (χ0v) is 9.45. The minimum Gasteiger partial charge on any atom is -0.496 e. The quantitative estimate of drug-likeness (QED) is 0.705. The fraction of sp³-hybridized carbons (Fsp3) is 0.182. The summed E-state index contributed by atoms with van der Waals surface area (Å²) < 4.78 is 6.97. The van der Waals surface area contributed by atoms with E-state index in [0.717, 1.165) is 5.56 Å². The smallest absolute Gasteiger partial charge is 0.488 e. The van der Waals surface area contributed by atoms with Gasteiger partial charge in [-0.05, 0) is 17.6 Å². The Labute approximate surface area is 99.4 Å². The van der Waals surface area contributed by atoms with Crippen LogP contribution in [0.25, 0.3) is 0 Å². The van der Waals surface area contributed by atoms with Gasteiger partial charge in [-0.25, -0.2) is 0 Å². The molecular formula is C11H13BN2O3. The third-order valence-corrected chi connectivity index (χ3v) is 2.49. The first-order valence-electron chi connectivity index (χ1n) is 5.21. The summed E-state index contributed by atoms with van der Waals surface area (Å²) in [6, 6.07) is 6.87. The molecule has 0 spiro atoms. The summed E-state index contributed by atoms with van der Waals surface area (Å²) in [6.07, 6.45) is 3.53. The Balaban J connectivity index is 2.32. The lowest BCUT2D eigenvalue weighted by atomic mass is 9.79. The number of nitrogens with zero attached hydrogens (tertiary/aromatic N) is 2. The summed E-state index contributed by atoms with van der Waals surface area (Å²) >= 11 is 0. The van der Waals surface area contributed by atoms with Crippen molar-refractivity contribution < 1.29 is 14.8 Å². The average molecular weight is 232 g/mol. The van der Waals surface area contributed by atoms with Crippen molar-refractivity contribution in [1.29, 1.82) is 0 Å². The van der Waals surface area contributed by atoms with E-state index in [2.05, 4.69) is 5.10 Å². The van der Waals surface area contributed by atoms with Gasteiger partial charge in [-0.3, -0.25) is 4.68 Å². The molecule has 2 rings (SSSR count). The standard InChI is InChI=1S/C11H13BN2O3/c1-17-11-4-3-10(12(15)16)7-9(11)8-14-6-2-5-13-14/h2-7,15-16H,8H2,1H3. The van der Waals surface area contributed by atoms with E-state index in [-0.39, 0.29) is 0 Å². The van der Waals surface area contributed by atoms with Crippen molar-refractivity contribution in [2.75, 3.05) is 7.11 Å². The molecule has 0 fully saturated rings. The zero-order chi connectivity index (χ0) is 12.3. The second kappa shape index (κ2) is 5.03. The van der Waals surface area contributed by atoms with Crippen molar-refractivity contribution in [1.82, 2.24) is 9.78 Å². The average Bonchev–Trinajstić information content (AvgIpc) is 2.81. The number of methoxy groups -OCH3 is 1. The number of hydrogen-bond donors (Lipinski definition) is 2. The number of rotatable bonds is 4. The maximum absolute atomic E-state index is 9.13. The van der Waals surface area contributed by atoms with Crippen LogP contribution in [0.15, 0.2) is 36.7 Å². The summed E-state index contributed by atoms with van der Waals surface area (Å²) in [4.78, 5) is 0.